The topological polar surface area (TPSA) is 68.1 Å². The number of rotatable bonds is 3. The van der Waals surface area contributed by atoms with Crippen molar-refractivity contribution in [3.05, 3.63) is 42.2 Å². The lowest BCUT2D eigenvalue weighted by Crippen LogP contribution is -2.51. The Morgan fingerprint density at radius 1 is 1.20 bits per heavy atom. The van der Waals surface area contributed by atoms with Crippen molar-refractivity contribution in [2.75, 3.05) is 13.1 Å². The maximum Gasteiger partial charge on any atom is 0.249 e. The van der Waals surface area contributed by atoms with Crippen LogP contribution in [-0.4, -0.2) is 40.8 Å². The third kappa shape index (κ3) is 1.98. The molecule has 0 bridgehead atoms. The lowest BCUT2D eigenvalue weighted by molar-refractivity contribution is 0.188. The summed E-state index contributed by atoms with van der Waals surface area (Å²) in [5, 5.41) is 7.38. The average molecular weight is 300 g/mol. The average Bonchev–Trinajstić information content (AvgIpc) is 2.79. The van der Waals surface area contributed by atoms with Gasteiger partial charge in [0.15, 0.2) is 4.90 Å². The Labute approximate surface area is 113 Å². The van der Waals surface area contributed by atoms with E-state index in [1.807, 2.05) is 0 Å². The zero-order valence-corrected chi connectivity index (χ0v) is 11.0. The Morgan fingerprint density at radius 3 is 2.40 bits per heavy atom. The maximum absolute atomic E-state index is 13.6. The highest BCUT2D eigenvalue weighted by molar-refractivity contribution is 7.89. The number of nitrogens with zero attached hydrogens (tertiary/aromatic N) is 4. The number of sulfonamides is 1. The number of benzene rings is 1. The molecule has 2 heterocycles. The van der Waals surface area contributed by atoms with E-state index in [1.165, 1.54) is 10.9 Å². The second-order valence-electron chi connectivity index (χ2n) is 4.41. The fourth-order valence-corrected chi connectivity index (χ4v) is 3.67. The highest BCUT2D eigenvalue weighted by Crippen LogP contribution is 2.30. The van der Waals surface area contributed by atoms with Gasteiger partial charge in [0.25, 0.3) is 0 Å². The van der Waals surface area contributed by atoms with Crippen molar-refractivity contribution in [3.8, 4) is 0 Å². The maximum atomic E-state index is 13.6. The van der Waals surface area contributed by atoms with Crippen molar-refractivity contribution in [1.82, 2.24) is 19.3 Å². The lowest BCUT2D eigenvalue weighted by atomic mass is 10.2. The normalized spacial score (nSPS) is 17.1. The van der Waals surface area contributed by atoms with Gasteiger partial charge in [-0.1, -0.05) is 11.3 Å². The van der Waals surface area contributed by atoms with E-state index in [9.17, 15) is 17.2 Å². The molecule has 3 rings (SSSR count). The second-order valence-corrected chi connectivity index (χ2v) is 6.28. The van der Waals surface area contributed by atoms with Crippen molar-refractivity contribution in [3.63, 3.8) is 0 Å². The van der Waals surface area contributed by atoms with Crippen LogP contribution >= 0.6 is 0 Å². The Morgan fingerprint density at radius 2 is 1.85 bits per heavy atom. The molecule has 106 valence electrons. The number of hydrogen-bond donors (Lipinski definition) is 0. The minimum atomic E-state index is -4.17. The van der Waals surface area contributed by atoms with E-state index in [0.29, 0.717) is 0 Å². The van der Waals surface area contributed by atoms with Crippen molar-refractivity contribution in [2.45, 2.75) is 10.9 Å². The molecule has 0 unspecified atom stereocenters. The first kappa shape index (κ1) is 13.1. The molecule has 9 heteroatoms. The fourth-order valence-electron chi connectivity index (χ4n) is 2.05. The van der Waals surface area contributed by atoms with Crippen LogP contribution in [0.4, 0.5) is 8.78 Å². The molecule has 0 amide bonds. The van der Waals surface area contributed by atoms with Crippen LogP contribution in [0.2, 0.25) is 0 Å². The molecular formula is C11H10F2N4O2S. The summed E-state index contributed by atoms with van der Waals surface area (Å²) in [7, 11) is -4.17. The van der Waals surface area contributed by atoms with E-state index in [1.54, 1.807) is 6.20 Å². The molecule has 0 saturated carbocycles. The molecular weight excluding hydrogens is 290 g/mol. The molecule has 1 saturated heterocycles. The van der Waals surface area contributed by atoms with Gasteiger partial charge in [0.2, 0.25) is 10.0 Å². The lowest BCUT2D eigenvalue weighted by Gasteiger charge is -2.37. The monoisotopic (exact) mass is 300 g/mol. The van der Waals surface area contributed by atoms with Gasteiger partial charge in [-0.2, -0.15) is 4.31 Å². The Bertz CT molecular complexity index is 707. The Kier molecular flexibility index (Phi) is 3.02. The van der Waals surface area contributed by atoms with Gasteiger partial charge in [0.1, 0.15) is 11.6 Å². The first-order chi connectivity index (χ1) is 9.50. The molecule has 0 spiro atoms. The van der Waals surface area contributed by atoms with Crippen LogP contribution in [0.1, 0.15) is 6.04 Å². The zero-order valence-electron chi connectivity index (χ0n) is 10.1. The van der Waals surface area contributed by atoms with E-state index in [0.717, 1.165) is 22.5 Å². The summed E-state index contributed by atoms with van der Waals surface area (Å²) >= 11 is 0. The van der Waals surface area contributed by atoms with E-state index in [2.05, 4.69) is 10.3 Å². The molecule has 0 atom stereocenters. The molecule has 1 fully saturated rings. The van der Waals surface area contributed by atoms with Crippen LogP contribution < -0.4 is 0 Å². The van der Waals surface area contributed by atoms with Crippen molar-refractivity contribution >= 4 is 10.0 Å². The second kappa shape index (κ2) is 4.60. The molecule has 1 aromatic carbocycles. The molecule has 6 nitrogen and oxygen atoms in total. The summed E-state index contributed by atoms with van der Waals surface area (Å²) in [5.41, 5.74) is 0. The summed E-state index contributed by atoms with van der Waals surface area (Å²) < 4.78 is 54.0. The van der Waals surface area contributed by atoms with Crippen LogP contribution in [0, 0.1) is 11.6 Å². The Balaban J connectivity index is 1.85. The van der Waals surface area contributed by atoms with Gasteiger partial charge in [0, 0.05) is 19.3 Å². The molecule has 1 aromatic heterocycles. The summed E-state index contributed by atoms with van der Waals surface area (Å²) in [6.45, 7) is 0.221. The van der Waals surface area contributed by atoms with E-state index in [-0.39, 0.29) is 19.1 Å². The predicted octanol–water partition coefficient (Wildman–Crippen LogP) is 0.802. The van der Waals surface area contributed by atoms with Crippen LogP contribution in [0.3, 0.4) is 0 Å². The zero-order chi connectivity index (χ0) is 14.3. The van der Waals surface area contributed by atoms with Gasteiger partial charge in [-0.15, -0.1) is 5.10 Å². The van der Waals surface area contributed by atoms with Gasteiger partial charge in [0.05, 0.1) is 12.2 Å². The quantitative estimate of drug-likeness (QED) is 0.841. The largest absolute Gasteiger partial charge is 0.249 e. The van der Waals surface area contributed by atoms with E-state index >= 15 is 0 Å². The highest BCUT2D eigenvalue weighted by Gasteiger charge is 2.40. The summed E-state index contributed by atoms with van der Waals surface area (Å²) in [6, 6.07) is 2.80. The molecule has 2 aromatic rings. The van der Waals surface area contributed by atoms with E-state index < -0.39 is 26.6 Å². The van der Waals surface area contributed by atoms with Crippen molar-refractivity contribution < 1.29 is 17.2 Å². The number of aromatic nitrogens is 3. The fraction of sp³-hybridized carbons (Fsp3) is 0.273. The minimum absolute atomic E-state index is 0.111. The molecule has 0 N–H and O–H groups in total. The number of halogens is 2. The van der Waals surface area contributed by atoms with Gasteiger partial charge in [-0.25, -0.2) is 21.9 Å². The third-order valence-electron chi connectivity index (χ3n) is 3.16. The summed E-state index contributed by atoms with van der Waals surface area (Å²) in [6.07, 6.45) is 3.09. The predicted molar refractivity (Wildman–Crippen MR) is 64.2 cm³/mol. The molecule has 20 heavy (non-hydrogen) atoms. The van der Waals surface area contributed by atoms with Crippen LogP contribution in [-0.2, 0) is 10.0 Å². The molecule has 1 aliphatic rings. The smallest absolute Gasteiger partial charge is 0.247 e. The molecule has 1 aliphatic heterocycles. The number of hydrogen-bond acceptors (Lipinski definition) is 4. The van der Waals surface area contributed by atoms with Crippen molar-refractivity contribution in [2.24, 2.45) is 0 Å². The summed E-state index contributed by atoms with van der Waals surface area (Å²) in [4.78, 5) is -0.906. The van der Waals surface area contributed by atoms with Gasteiger partial charge in [-0.05, 0) is 12.1 Å². The summed E-state index contributed by atoms with van der Waals surface area (Å²) in [5.74, 6) is -2.18. The van der Waals surface area contributed by atoms with Crippen LogP contribution in [0.15, 0.2) is 35.5 Å². The standard InChI is InChI=1S/C11H10F2N4O2S/c12-9-2-1-3-10(13)11(9)20(18,19)16-6-8(7-16)17-5-4-14-15-17/h1-5,8H,6-7H2. The van der Waals surface area contributed by atoms with Gasteiger partial charge < -0.3 is 0 Å². The Hall–Kier alpha value is -1.87. The van der Waals surface area contributed by atoms with Crippen LogP contribution in [0.5, 0.6) is 0 Å². The SMILES string of the molecule is O=S(=O)(c1c(F)cccc1F)N1CC(n2ccnn2)C1. The van der Waals surface area contributed by atoms with Crippen molar-refractivity contribution in [1.29, 1.82) is 0 Å². The third-order valence-corrected chi connectivity index (χ3v) is 5.04. The first-order valence-corrected chi connectivity index (χ1v) is 7.24. The highest BCUT2D eigenvalue weighted by atomic mass is 32.2. The van der Waals surface area contributed by atoms with E-state index in [4.69, 9.17) is 0 Å². The van der Waals surface area contributed by atoms with Gasteiger partial charge >= 0.3 is 0 Å². The molecule has 0 radical (unpaired) electrons. The molecule has 0 aliphatic carbocycles. The van der Waals surface area contributed by atoms with Crippen LogP contribution in [0.25, 0.3) is 0 Å². The first-order valence-electron chi connectivity index (χ1n) is 5.80. The van der Waals surface area contributed by atoms with Gasteiger partial charge in [-0.3, -0.25) is 0 Å². The minimum Gasteiger partial charge on any atom is -0.247 e.